The van der Waals surface area contributed by atoms with Crippen LogP contribution in [-0.4, -0.2) is 46.8 Å². The van der Waals surface area contributed by atoms with Crippen LogP contribution >= 0.6 is 0 Å². The molecule has 0 radical (unpaired) electrons. The van der Waals surface area contributed by atoms with Crippen LogP contribution in [0.2, 0.25) is 0 Å². The van der Waals surface area contributed by atoms with Gasteiger partial charge in [-0.05, 0) is 49.1 Å². The number of rotatable bonds is 1. The fraction of sp³-hybridized carbons (Fsp3) is 0.619. The molecule has 5 fully saturated rings. The minimum absolute atomic E-state index is 0.0202. The fourth-order valence-electron chi connectivity index (χ4n) is 7.76. The zero-order chi connectivity index (χ0) is 18.6. The summed E-state index contributed by atoms with van der Waals surface area (Å²) in [7, 11) is 1.46. The Kier molecular flexibility index (Phi) is 2.75. The first-order valence-corrected chi connectivity index (χ1v) is 9.94. The molecule has 6 atom stereocenters. The van der Waals surface area contributed by atoms with Gasteiger partial charge in [-0.2, -0.15) is 0 Å². The minimum atomic E-state index is -0.715. The molecular formula is C21H24N2O4. The van der Waals surface area contributed by atoms with Gasteiger partial charge in [0.15, 0.2) is 0 Å². The number of fused-ring (bicyclic) bond motifs is 3. The minimum Gasteiger partial charge on any atom is -0.469 e. The largest absolute Gasteiger partial charge is 0.469 e. The fourth-order valence-corrected chi connectivity index (χ4v) is 7.76. The lowest BCUT2D eigenvalue weighted by Gasteiger charge is -2.68. The molecule has 6 nitrogen and oxygen atoms in total. The zero-order valence-electron chi connectivity index (χ0n) is 15.4. The van der Waals surface area contributed by atoms with Gasteiger partial charge in [0.05, 0.1) is 30.0 Å². The second-order valence-corrected chi connectivity index (χ2v) is 9.16. The van der Waals surface area contributed by atoms with Crippen LogP contribution in [0, 0.1) is 11.3 Å². The molecule has 6 aliphatic rings. The highest BCUT2D eigenvalue weighted by Crippen LogP contribution is 2.74. The second-order valence-electron chi connectivity index (χ2n) is 9.16. The molecule has 2 N–H and O–H groups in total. The Bertz CT molecular complexity index is 887. The molecule has 142 valence electrons. The number of esters is 1. The Morgan fingerprint density at radius 3 is 2.93 bits per heavy atom. The van der Waals surface area contributed by atoms with Gasteiger partial charge in [0.25, 0.3) is 0 Å². The summed E-state index contributed by atoms with van der Waals surface area (Å²) in [4.78, 5) is 27.9. The predicted molar refractivity (Wildman–Crippen MR) is 96.8 cm³/mol. The lowest BCUT2D eigenvalue weighted by Crippen LogP contribution is -2.77. The van der Waals surface area contributed by atoms with E-state index in [1.54, 1.807) is 4.90 Å². The molecule has 2 bridgehead atoms. The number of aliphatic hydroxyl groups excluding tert-OH is 1. The number of methoxy groups -OCH3 is 1. The summed E-state index contributed by atoms with van der Waals surface area (Å²) in [6, 6.07) is 8.13. The number of carbonyl (C=O) groups is 2. The van der Waals surface area contributed by atoms with Crippen LogP contribution in [-0.2, 0) is 19.7 Å². The lowest BCUT2D eigenvalue weighted by molar-refractivity contribution is -0.193. The van der Waals surface area contributed by atoms with Crippen LogP contribution in [0.15, 0.2) is 24.3 Å². The molecule has 27 heavy (non-hydrogen) atoms. The molecule has 6 unspecified atom stereocenters. The van der Waals surface area contributed by atoms with Gasteiger partial charge < -0.3 is 20.1 Å². The first-order chi connectivity index (χ1) is 13.0. The van der Waals surface area contributed by atoms with Crippen LogP contribution in [0.3, 0.4) is 0 Å². The van der Waals surface area contributed by atoms with E-state index >= 15 is 0 Å². The highest BCUT2D eigenvalue weighted by atomic mass is 16.5. The average Bonchev–Trinajstić information content (AvgIpc) is 3.17. The van der Waals surface area contributed by atoms with E-state index in [4.69, 9.17) is 4.74 Å². The summed E-state index contributed by atoms with van der Waals surface area (Å²) in [5.74, 6) is -0.431. The Morgan fingerprint density at radius 1 is 1.30 bits per heavy atom. The number of amides is 1. The van der Waals surface area contributed by atoms with Crippen molar-refractivity contribution in [2.24, 2.45) is 11.3 Å². The molecule has 6 heteroatoms. The molecule has 3 saturated carbocycles. The molecule has 3 spiro atoms. The van der Waals surface area contributed by atoms with E-state index in [0.29, 0.717) is 12.8 Å². The number of hydrogen-bond acceptors (Lipinski definition) is 5. The highest BCUT2D eigenvalue weighted by Gasteiger charge is 2.81. The molecule has 1 amide bonds. The Morgan fingerprint density at radius 2 is 2.11 bits per heavy atom. The molecule has 3 heterocycles. The van der Waals surface area contributed by atoms with E-state index in [9.17, 15) is 14.7 Å². The smallest absolute Gasteiger partial charge is 0.311 e. The quantitative estimate of drug-likeness (QED) is 0.739. The Labute approximate surface area is 157 Å². The van der Waals surface area contributed by atoms with Crippen molar-refractivity contribution in [1.82, 2.24) is 4.90 Å². The first-order valence-electron chi connectivity index (χ1n) is 9.94. The number of aliphatic hydroxyl groups is 1. The summed E-state index contributed by atoms with van der Waals surface area (Å²) in [6.07, 6.45) is 3.65. The van der Waals surface area contributed by atoms with Crippen LogP contribution in [0.4, 0.5) is 5.69 Å². The molecular weight excluding hydrogens is 344 g/mol. The highest BCUT2D eigenvalue weighted by molar-refractivity contribution is 5.89. The number of hydrogen-bond donors (Lipinski definition) is 2. The van der Waals surface area contributed by atoms with E-state index in [-0.39, 0.29) is 29.3 Å². The first kappa shape index (κ1) is 15.9. The number of nitrogens with one attached hydrogen (secondary N) is 1. The van der Waals surface area contributed by atoms with Crippen molar-refractivity contribution < 1.29 is 19.4 Å². The monoisotopic (exact) mass is 368 g/mol. The summed E-state index contributed by atoms with van der Waals surface area (Å²) >= 11 is 0. The third kappa shape index (κ3) is 1.49. The van der Waals surface area contributed by atoms with Gasteiger partial charge in [-0.25, -0.2) is 0 Å². The van der Waals surface area contributed by atoms with Crippen molar-refractivity contribution in [1.29, 1.82) is 0 Å². The van der Waals surface area contributed by atoms with Gasteiger partial charge in [0.1, 0.15) is 6.23 Å². The van der Waals surface area contributed by atoms with E-state index in [1.165, 1.54) is 7.11 Å². The lowest BCUT2D eigenvalue weighted by atomic mass is 9.39. The molecule has 1 aromatic carbocycles. The zero-order valence-corrected chi connectivity index (χ0v) is 15.4. The molecule has 2 saturated heterocycles. The average molecular weight is 368 g/mol. The number of nitrogens with zero attached hydrogens (tertiary/aromatic N) is 1. The standard InChI is InChI=1S/C21H24N2O4/c1-27-17(26)13-10-19-7-6-15(24)23-16(25)11-20(18(19)23)12-4-2-3-5-14(12)22-21(13,20)9-8-19/h2-5,13,15,18,22,24H,6-11H2,1H3. The molecule has 7 rings (SSSR count). The van der Waals surface area contributed by atoms with Crippen LogP contribution in [0.1, 0.15) is 44.1 Å². The number of ether oxygens (including phenoxy) is 1. The number of carbonyl (C=O) groups excluding carboxylic acids is 2. The Hall–Kier alpha value is -2.08. The maximum absolute atomic E-state index is 13.2. The summed E-state index contributed by atoms with van der Waals surface area (Å²) < 4.78 is 5.24. The third-order valence-corrected chi connectivity index (χ3v) is 8.53. The number of benzene rings is 1. The molecule has 0 aromatic heterocycles. The van der Waals surface area contributed by atoms with Crippen LogP contribution in [0.25, 0.3) is 0 Å². The maximum Gasteiger partial charge on any atom is 0.311 e. The van der Waals surface area contributed by atoms with Gasteiger partial charge in [-0.1, -0.05) is 18.2 Å². The Balaban J connectivity index is 1.67. The van der Waals surface area contributed by atoms with Crippen molar-refractivity contribution in [3.63, 3.8) is 0 Å². The SMILES string of the molecule is COC(=O)C1CC23CCC(O)N4C(=O)CC5(c6ccccc6NC15CC2)C43. The van der Waals surface area contributed by atoms with Crippen molar-refractivity contribution >= 4 is 17.6 Å². The van der Waals surface area contributed by atoms with Crippen molar-refractivity contribution in [3.8, 4) is 0 Å². The molecule has 1 aromatic rings. The van der Waals surface area contributed by atoms with E-state index in [2.05, 4.69) is 17.4 Å². The topological polar surface area (TPSA) is 78.9 Å². The van der Waals surface area contributed by atoms with Gasteiger partial charge >= 0.3 is 5.97 Å². The number of para-hydroxylation sites is 1. The second kappa shape index (κ2) is 4.66. The van der Waals surface area contributed by atoms with Crippen LogP contribution in [0.5, 0.6) is 0 Å². The summed E-state index contributed by atoms with van der Waals surface area (Å²) in [5.41, 5.74) is 1.05. The van der Waals surface area contributed by atoms with Crippen molar-refractivity contribution in [2.45, 2.75) is 61.7 Å². The van der Waals surface area contributed by atoms with Crippen molar-refractivity contribution in [3.05, 3.63) is 29.8 Å². The van der Waals surface area contributed by atoms with E-state index < -0.39 is 17.2 Å². The van der Waals surface area contributed by atoms with Gasteiger partial charge in [0.2, 0.25) is 5.91 Å². The normalized spacial score (nSPS) is 45.8. The third-order valence-electron chi connectivity index (χ3n) is 8.53. The van der Waals surface area contributed by atoms with E-state index in [0.717, 1.165) is 36.9 Å². The summed E-state index contributed by atoms with van der Waals surface area (Å²) in [5, 5.41) is 14.4. The van der Waals surface area contributed by atoms with Crippen molar-refractivity contribution in [2.75, 3.05) is 12.4 Å². The van der Waals surface area contributed by atoms with E-state index in [1.807, 2.05) is 12.1 Å². The number of piperidine rings is 1. The predicted octanol–water partition coefficient (Wildman–Crippen LogP) is 1.77. The van der Waals surface area contributed by atoms with Gasteiger partial charge in [-0.15, -0.1) is 0 Å². The van der Waals surface area contributed by atoms with Crippen LogP contribution < -0.4 is 5.32 Å². The molecule has 3 aliphatic carbocycles. The summed E-state index contributed by atoms with van der Waals surface area (Å²) in [6.45, 7) is 0. The molecule has 3 aliphatic heterocycles. The van der Waals surface area contributed by atoms with Gasteiger partial charge in [-0.3, -0.25) is 9.59 Å². The maximum atomic E-state index is 13.2. The number of anilines is 1. The van der Waals surface area contributed by atoms with Gasteiger partial charge in [0, 0.05) is 12.1 Å².